The molecule has 0 bridgehead atoms. The number of aliphatic hydroxyl groups excluding tert-OH is 1. The van der Waals surface area contributed by atoms with E-state index in [0.29, 0.717) is 0 Å². The Morgan fingerprint density at radius 3 is 3.07 bits per heavy atom. The van der Waals surface area contributed by atoms with E-state index in [0.717, 1.165) is 0 Å². The van der Waals surface area contributed by atoms with Gasteiger partial charge in [0.2, 0.25) is 5.75 Å². The van der Waals surface area contributed by atoms with Crippen molar-refractivity contribution in [3.63, 3.8) is 0 Å². The van der Waals surface area contributed by atoms with Crippen molar-refractivity contribution in [3.8, 4) is 5.75 Å². The molecule has 0 radical (unpaired) electrons. The fraction of sp³-hybridized carbons (Fsp3) is 0.375. The smallest absolute Gasteiger partial charge is 0.406 e. The largest absolute Gasteiger partial charge is 0.483 e. The van der Waals surface area contributed by atoms with Crippen molar-refractivity contribution in [2.75, 3.05) is 12.5 Å². The number of hydrogen-bond acceptors (Lipinski definition) is 5. The monoisotopic (exact) mass is 232 g/mol. The van der Waals surface area contributed by atoms with Gasteiger partial charge in [-0.25, -0.2) is 0 Å². The summed E-state index contributed by atoms with van der Waals surface area (Å²) in [4.78, 5) is 13.4. The quantitative estimate of drug-likeness (QED) is 0.464. The van der Waals surface area contributed by atoms with E-state index in [1.807, 2.05) is 0 Å². The number of nitro groups is 1. The molecule has 1 atom stereocenters. The van der Waals surface area contributed by atoms with Crippen molar-refractivity contribution in [2.45, 2.75) is 6.10 Å². The van der Waals surface area contributed by atoms with Crippen LogP contribution < -0.4 is 4.74 Å². The Morgan fingerprint density at radius 1 is 1.73 bits per heavy atom. The standard InChI is InChI=1S/C8H9ClN2O4/c9-4-6(12)5-15-7-2-1-3-10-8(7)11(13)14/h1-3,6,12H,4-5H2. The van der Waals surface area contributed by atoms with Gasteiger partial charge in [0.1, 0.15) is 18.9 Å². The van der Waals surface area contributed by atoms with Gasteiger partial charge in [-0.15, -0.1) is 11.6 Å². The summed E-state index contributed by atoms with van der Waals surface area (Å²) in [6.45, 7) is -0.101. The Bertz CT molecular complexity index is 347. The second-order valence-electron chi connectivity index (χ2n) is 2.70. The summed E-state index contributed by atoms with van der Waals surface area (Å²) >= 11 is 5.34. The normalized spacial score (nSPS) is 12.1. The predicted molar refractivity (Wildman–Crippen MR) is 53.1 cm³/mol. The summed E-state index contributed by atoms with van der Waals surface area (Å²) in [5.41, 5.74) is 0. The second kappa shape index (κ2) is 5.47. The molecule has 0 saturated heterocycles. The molecule has 0 amide bonds. The summed E-state index contributed by atoms with van der Waals surface area (Å²) in [5, 5.41) is 19.6. The van der Waals surface area contributed by atoms with Gasteiger partial charge in [-0.2, -0.15) is 0 Å². The molecule has 0 fully saturated rings. The first-order valence-electron chi connectivity index (χ1n) is 4.11. The maximum absolute atomic E-state index is 10.5. The van der Waals surface area contributed by atoms with Gasteiger partial charge >= 0.3 is 5.82 Å². The third-order valence-electron chi connectivity index (χ3n) is 1.53. The van der Waals surface area contributed by atoms with Gasteiger partial charge in [0.05, 0.1) is 5.88 Å². The number of ether oxygens (including phenoxy) is 1. The Balaban J connectivity index is 2.72. The van der Waals surface area contributed by atoms with Crippen LogP contribution in [0.3, 0.4) is 0 Å². The Labute approximate surface area is 90.6 Å². The van der Waals surface area contributed by atoms with Gasteiger partial charge < -0.3 is 20.0 Å². The number of rotatable bonds is 5. The van der Waals surface area contributed by atoms with Gasteiger partial charge in [0.15, 0.2) is 0 Å². The molecule has 0 aliphatic rings. The van der Waals surface area contributed by atoms with Crippen molar-refractivity contribution in [3.05, 3.63) is 28.4 Å². The van der Waals surface area contributed by atoms with Crippen LogP contribution in [-0.4, -0.2) is 33.6 Å². The van der Waals surface area contributed by atoms with Gasteiger partial charge in [0, 0.05) is 0 Å². The Morgan fingerprint density at radius 2 is 2.47 bits per heavy atom. The predicted octanol–water partition coefficient (Wildman–Crippen LogP) is 0.968. The van der Waals surface area contributed by atoms with E-state index in [4.69, 9.17) is 21.4 Å². The summed E-state index contributed by atoms with van der Waals surface area (Å²) in [6, 6.07) is 2.92. The van der Waals surface area contributed by atoms with Gasteiger partial charge in [-0.3, -0.25) is 0 Å². The molecule has 1 rings (SSSR count). The second-order valence-corrected chi connectivity index (χ2v) is 3.01. The molecule has 0 aromatic carbocycles. The SMILES string of the molecule is O=[N+]([O-])c1ncccc1OCC(O)CCl. The van der Waals surface area contributed by atoms with E-state index < -0.39 is 11.0 Å². The molecule has 1 aromatic rings. The van der Waals surface area contributed by atoms with Crippen LogP contribution in [0.5, 0.6) is 5.75 Å². The Hall–Kier alpha value is -1.40. The van der Waals surface area contributed by atoms with Crippen LogP contribution in [0.15, 0.2) is 18.3 Å². The van der Waals surface area contributed by atoms with Crippen molar-refractivity contribution in [1.29, 1.82) is 0 Å². The molecule has 1 N–H and O–H groups in total. The Kier molecular flexibility index (Phi) is 4.26. The number of alkyl halides is 1. The summed E-state index contributed by atoms with van der Waals surface area (Å²) in [7, 11) is 0. The van der Waals surface area contributed by atoms with Crippen LogP contribution in [0.2, 0.25) is 0 Å². The van der Waals surface area contributed by atoms with Crippen LogP contribution >= 0.6 is 11.6 Å². The molecule has 1 heterocycles. The fourth-order valence-electron chi connectivity index (χ4n) is 0.863. The minimum absolute atomic E-state index is 0.00800. The molecule has 0 aliphatic heterocycles. The lowest BCUT2D eigenvalue weighted by atomic mass is 10.4. The van der Waals surface area contributed by atoms with Crippen LogP contribution in [0.1, 0.15) is 0 Å². The van der Waals surface area contributed by atoms with Crippen molar-refractivity contribution in [2.24, 2.45) is 0 Å². The molecule has 0 saturated carbocycles. The summed E-state index contributed by atoms with van der Waals surface area (Å²) < 4.78 is 5.01. The zero-order valence-corrected chi connectivity index (χ0v) is 8.42. The fourth-order valence-corrected chi connectivity index (χ4v) is 0.952. The third-order valence-corrected chi connectivity index (χ3v) is 1.89. The third kappa shape index (κ3) is 3.34. The van der Waals surface area contributed by atoms with E-state index in [-0.39, 0.29) is 24.1 Å². The number of aromatic nitrogens is 1. The van der Waals surface area contributed by atoms with Crippen LogP contribution in [0, 0.1) is 10.1 Å². The lowest BCUT2D eigenvalue weighted by Crippen LogP contribution is -2.19. The highest BCUT2D eigenvalue weighted by Crippen LogP contribution is 2.22. The molecule has 1 aromatic heterocycles. The van der Waals surface area contributed by atoms with Crippen molar-refractivity contribution in [1.82, 2.24) is 4.98 Å². The average molecular weight is 233 g/mol. The molecular weight excluding hydrogens is 224 g/mol. The molecule has 0 aliphatic carbocycles. The maximum atomic E-state index is 10.5. The van der Waals surface area contributed by atoms with E-state index in [1.54, 1.807) is 0 Å². The summed E-state index contributed by atoms with van der Waals surface area (Å²) in [5.74, 6) is -0.348. The van der Waals surface area contributed by atoms with Crippen molar-refractivity contribution < 1.29 is 14.8 Å². The highest BCUT2D eigenvalue weighted by atomic mass is 35.5. The molecule has 0 spiro atoms. The van der Waals surface area contributed by atoms with Gasteiger partial charge in [-0.05, 0) is 22.0 Å². The van der Waals surface area contributed by atoms with Gasteiger partial charge in [0.25, 0.3) is 0 Å². The summed E-state index contributed by atoms with van der Waals surface area (Å²) in [6.07, 6.45) is 0.440. The number of hydrogen-bond donors (Lipinski definition) is 1. The zero-order valence-electron chi connectivity index (χ0n) is 7.67. The molecule has 82 valence electrons. The zero-order chi connectivity index (χ0) is 11.3. The molecular formula is C8H9ClN2O4. The minimum Gasteiger partial charge on any atom is -0.483 e. The lowest BCUT2D eigenvalue weighted by molar-refractivity contribution is -0.390. The minimum atomic E-state index is -0.855. The van der Waals surface area contributed by atoms with Crippen LogP contribution in [0.4, 0.5) is 5.82 Å². The lowest BCUT2D eigenvalue weighted by Gasteiger charge is -2.08. The first-order valence-corrected chi connectivity index (χ1v) is 4.65. The number of pyridine rings is 1. The molecule has 15 heavy (non-hydrogen) atoms. The van der Waals surface area contributed by atoms with E-state index >= 15 is 0 Å². The first-order chi connectivity index (χ1) is 7.15. The van der Waals surface area contributed by atoms with E-state index in [2.05, 4.69) is 4.98 Å². The highest BCUT2D eigenvalue weighted by Gasteiger charge is 2.16. The number of halogens is 1. The highest BCUT2D eigenvalue weighted by molar-refractivity contribution is 6.18. The average Bonchev–Trinajstić information content (AvgIpc) is 2.26. The number of aliphatic hydroxyl groups is 1. The van der Waals surface area contributed by atoms with E-state index in [1.165, 1.54) is 18.3 Å². The molecule has 6 nitrogen and oxygen atoms in total. The van der Waals surface area contributed by atoms with E-state index in [9.17, 15) is 10.1 Å². The first kappa shape index (κ1) is 11.7. The topological polar surface area (TPSA) is 85.5 Å². The van der Waals surface area contributed by atoms with Crippen molar-refractivity contribution >= 4 is 17.4 Å². The maximum Gasteiger partial charge on any atom is 0.406 e. The van der Waals surface area contributed by atoms with Crippen LogP contribution in [-0.2, 0) is 0 Å². The van der Waals surface area contributed by atoms with Crippen LogP contribution in [0.25, 0.3) is 0 Å². The molecule has 1 unspecified atom stereocenters. The van der Waals surface area contributed by atoms with Gasteiger partial charge in [-0.1, -0.05) is 0 Å². The number of nitrogens with zero attached hydrogens (tertiary/aromatic N) is 2. The molecule has 7 heteroatoms.